The Morgan fingerprint density at radius 2 is 2.56 bits per heavy atom. The van der Waals surface area contributed by atoms with Crippen LogP contribution in [0.2, 0.25) is 0 Å². The number of hydrogen-bond donors (Lipinski definition) is 2. The highest BCUT2D eigenvalue weighted by Gasteiger charge is 2.18. The lowest BCUT2D eigenvalue weighted by Crippen LogP contribution is -2.28. The molecule has 0 bridgehead atoms. The van der Waals surface area contributed by atoms with E-state index in [0.717, 1.165) is 23.8 Å². The summed E-state index contributed by atoms with van der Waals surface area (Å²) in [7, 11) is 0. The minimum Gasteiger partial charge on any atom is -0.481 e. The third kappa shape index (κ3) is 3.02. The first-order valence-corrected chi connectivity index (χ1v) is 6.50. The second-order valence-electron chi connectivity index (χ2n) is 4.11. The average molecular weight is 240 g/mol. The van der Waals surface area contributed by atoms with Gasteiger partial charge in [-0.15, -0.1) is 11.3 Å². The average Bonchev–Trinajstić information content (AvgIpc) is 2.76. The normalized spacial score (nSPS) is 20.9. The predicted octanol–water partition coefficient (Wildman–Crippen LogP) is 1.63. The fourth-order valence-electron chi connectivity index (χ4n) is 1.92. The molecule has 2 heterocycles. The maximum Gasteiger partial charge on any atom is 0.303 e. The van der Waals surface area contributed by atoms with Gasteiger partial charge in [-0.2, -0.15) is 0 Å². The lowest BCUT2D eigenvalue weighted by Gasteiger charge is -2.20. The number of carboxylic acid groups (broad SMARTS) is 1. The van der Waals surface area contributed by atoms with Gasteiger partial charge in [-0.05, 0) is 19.4 Å². The Morgan fingerprint density at radius 3 is 3.25 bits per heavy atom. The lowest BCUT2D eigenvalue weighted by atomic mass is 10.0. The molecule has 0 radical (unpaired) electrons. The number of aryl methyl sites for hydroxylation is 1. The summed E-state index contributed by atoms with van der Waals surface area (Å²) in [6.45, 7) is 2.11. The Hall–Kier alpha value is -0.940. The topological polar surface area (TPSA) is 62.2 Å². The standard InChI is InChI=1S/C11H16N2O2S/c14-10(15)4-3-9-7-16-11(13-9)8-2-1-5-12-6-8/h7-8,12H,1-6H2,(H,14,15). The van der Waals surface area contributed by atoms with Crippen molar-refractivity contribution < 1.29 is 9.90 Å². The summed E-state index contributed by atoms with van der Waals surface area (Å²) in [5.74, 6) is -0.230. The van der Waals surface area contributed by atoms with Crippen molar-refractivity contribution in [2.75, 3.05) is 13.1 Å². The van der Waals surface area contributed by atoms with E-state index in [-0.39, 0.29) is 6.42 Å². The molecule has 0 amide bonds. The molecule has 1 unspecified atom stereocenters. The zero-order chi connectivity index (χ0) is 11.4. The number of nitrogens with one attached hydrogen (secondary N) is 1. The van der Waals surface area contributed by atoms with E-state index in [2.05, 4.69) is 10.3 Å². The minimum atomic E-state index is -0.756. The van der Waals surface area contributed by atoms with E-state index < -0.39 is 5.97 Å². The summed E-state index contributed by atoms with van der Waals surface area (Å²) in [6, 6.07) is 0. The van der Waals surface area contributed by atoms with Crippen molar-refractivity contribution in [1.82, 2.24) is 10.3 Å². The van der Waals surface area contributed by atoms with Gasteiger partial charge < -0.3 is 10.4 Å². The van der Waals surface area contributed by atoms with Crippen molar-refractivity contribution in [2.24, 2.45) is 0 Å². The number of carbonyl (C=O) groups is 1. The van der Waals surface area contributed by atoms with E-state index in [9.17, 15) is 4.79 Å². The molecule has 1 aromatic heterocycles. The Labute approximate surface area is 98.7 Å². The van der Waals surface area contributed by atoms with Crippen LogP contribution >= 0.6 is 11.3 Å². The first-order chi connectivity index (χ1) is 7.75. The van der Waals surface area contributed by atoms with Gasteiger partial charge in [-0.25, -0.2) is 4.98 Å². The first kappa shape index (κ1) is 11.5. The number of hydrogen-bond acceptors (Lipinski definition) is 4. The molecule has 1 saturated heterocycles. The Kier molecular flexibility index (Phi) is 3.90. The van der Waals surface area contributed by atoms with Crippen LogP contribution in [0.5, 0.6) is 0 Å². The summed E-state index contributed by atoms with van der Waals surface area (Å²) >= 11 is 1.66. The van der Waals surface area contributed by atoms with Crippen molar-refractivity contribution in [3.05, 3.63) is 16.1 Å². The molecule has 16 heavy (non-hydrogen) atoms. The number of rotatable bonds is 4. The minimum absolute atomic E-state index is 0.173. The van der Waals surface area contributed by atoms with Gasteiger partial charge in [-0.1, -0.05) is 0 Å². The van der Waals surface area contributed by atoms with Crippen LogP contribution in [0.3, 0.4) is 0 Å². The van der Waals surface area contributed by atoms with Crippen molar-refractivity contribution in [3.63, 3.8) is 0 Å². The molecule has 0 spiro atoms. The van der Waals surface area contributed by atoms with Crippen LogP contribution in [-0.2, 0) is 11.2 Å². The number of thiazole rings is 1. The van der Waals surface area contributed by atoms with E-state index in [1.54, 1.807) is 11.3 Å². The Morgan fingerprint density at radius 1 is 1.69 bits per heavy atom. The molecule has 1 aliphatic heterocycles. The fourth-order valence-corrected chi connectivity index (χ4v) is 2.91. The Bertz CT molecular complexity index is 359. The van der Waals surface area contributed by atoms with Crippen LogP contribution in [0.4, 0.5) is 0 Å². The molecule has 4 nitrogen and oxygen atoms in total. The van der Waals surface area contributed by atoms with Gasteiger partial charge in [0.1, 0.15) is 0 Å². The number of carboxylic acids is 1. The number of nitrogens with zero attached hydrogens (tertiary/aromatic N) is 1. The third-order valence-electron chi connectivity index (χ3n) is 2.81. The quantitative estimate of drug-likeness (QED) is 0.839. The van der Waals surface area contributed by atoms with Gasteiger partial charge in [0.2, 0.25) is 0 Å². The van der Waals surface area contributed by atoms with E-state index in [0.29, 0.717) is 12.3 Å². The van der Waals surface area contributed by atoms with Crippen LogP contribution in [-0.4, -0.2) is 29.1 Å². The third-order valence-corrected chi connectivity index (χ3v) is 3.87. The van der Waals surface area contributed by atoms with E-state index in [4.69, 9.17) is 5.11 Å². The van der Waals surface area contributed by atoms with Crippen molar-refractivity contribution in [3.8, 4) is 0 Å². The second-order valence-corrected chi connectivity index (χ2v) is 5.00. The van der Waals surface area contributed by atoms with Crippen molar-refractivity contribution in [1.29, 1.82) is 0 Å². The molecule has 88 valence electrons. The van der Waals surface area contributed by atoms with Crippen LogP contribution in [0.1, 0.15) is 35.9 Å². The van der Waals surface area contributed by atoms with Gasteiger partial charge in [-0.3, -0.25) is 4.79 Å². The molecule has 0 aromatic carbocycles. The molecule has 0 aliphatic carbocycles. The van der Waals surface area contributed by atoms with Gasteiger partial charge in [0.05, 0.1) is 17.1 Å². The van der Waals surface area contributed by atoms with Crippen LogP contribution in [0.15, 0.2) is 5.38 Å². The largest absolute Gasteiger partial charge is 0.481 e. The summed E-state index contributed by atoms with van der Waals surface area (Å²) in [4.78, 5) is 15.0. The van der Waals surface area contributed by atoms with E-state index >= 15 is 0 Å². The van der Waals surface area contributed by atoms with Gasteiger partial charge in [0.25, 0.3) is 0 Å². The fraction of sp³-hybridized carbons (Fsp3) is 0.636. The van der Waals surface area contributed by atoms with Crippen LogP contribution in [0, 0.1) is 0 Å². The van der Waals surface area contributed by atoms with Crippen LogP contribution < -0.4 is 5.32 Å². The molecule has 1 fully saturated rings. The maximum atomic E-state index is 10.4. The molecule has 0 saturated carbocycles. The van der Waals surface area contributed by atoms with Gasteiger partial charge in [0.15, 0.2) is 0 Å². The summed E-state index contributed by atoms with van der Waals surface area (Å²) in [5.41, 5.74) is 0.924. The molecule has 1 aromatic rings. The van der Waals surface area contributed by atoms with E-state index in [1.165, 1.54) is 12.8 Å². The number of aromatic nitrogens is 1. The zero-order valence-corrected chi connectivity index (χ0v) is 9.92. The van der Waals surface area contributed by atoms with Crippen molar-refractivity contribution >= 4 is 17.3 Å². The monoisotopic (exact) mass is 240 g/mol. The zero-order valence-electron chi connectivity index (χ0n) is 9.11. The van der Waals surface area contributed by atoms with Gasteiger partial charge >= 0.3 is 5.97 Å². The van der Waals surface area contributed by atoms with E-state index in [1.807, 2.05) is 5.38 Å². The predicted molar refractivity (Wildman–Crippen MR) is 62.9 cm³/mol. The van der Waals surface area contributed by atoms with Crippen LogP contribution in [0.25, 0.3) is 0 Å². The van der Waals surface area contributed by atoms with Crippen molar-refractivity contribution in [2.45, 2.75) is 31.6 Å². The molecule has 2 N–H and O–H groups in total. The highest BCUT2D eigenvalue weighted by molar-refractivity contribution is 7.09. The molecule has 2 rings (SSSR count). The Balaban J connectivity index is 1.93. The molecular weight excluding hydrogens is 224 g/mol. The highest BCUT2D eigenvalue weighted by atomic mass is 32.1. The first-order valence-electron chi connectivity index (χ1n) is 5.62. The second kappa shape index (κ2) is 5.41. The van der Waals surface area contributed by atoms with Gasteiger partial charge in [0, 0.05) is 24.3 Å². The number of aliphatic carboxylic acids is 1. The summed E-state index contributed by atoms with van der Waals surface area (Å²) < 4.78 is 0. The smallest absolute Gasteiger partial charge is 0.303 e. The maximum absolute atomic E-state index is 10.4. The summed E-state index contributed by atoms with van der Waals surface area (Å²) in [5, 5.41) is 15.1. The molecule has 1 atom stereocenters. The SMILES string of the molecule is O=C(O)CCc1csc(C2CCCNC2)n1. The molecule has 5 heteroatoms. The molecule has 1 aliphatic rings. The number of piperidine rings is 1. The molecular formula is C11H16N2O2S. The highest BCUT2D eigenvalue weighted by Crippen LogP contribution is 2.26. The lowest BCUT2D eigenvalue weighted by molar-refractivity contribution is -0.136. The summed E-state index contributed by atoms with van der Waals surface area (Å²) in [6.07, 6.45) is 3.12.